The molecule has 110 valence electrons. The van der Waals surface area contributed by atoms with E-state index in [2.05, 4.69) is 43.1 Å². The fourth-order valence-electron chi connectivity index (χ4n) is 3.03. The van der Waals surface area contributed by atoms with Crippen molar-refractivity contribution >= 4 is 0 Å². The van der Waals surface area contributed by atoms with Crippen LogP contribution in [0.3, 0.4) is 0 Å². The van der Waals surface area contributed by atoms with Gasteiger partial charge in [-0.3, -0.25) is 0 Å². The Kier molecular flexibility index (Phi) is 3.77. The van der Waals surface area contributed by atoms with Gasteiger partial charge in [-0.2, -0.15) is 0 Å². The summed E-state index contributed by atoms with van der Waals surface area (Å²) in [5.41, 5.74) is 9.57. The monoisotopic (exact) mass is 281 g/mol. The number of hydrogen-bond donors (Lipinski definition) is 1. The van der Waals surface area contributed by atoms with Gasteiger partial charge in [0.15, 0.2) is 0 Å². The minimum atomic E-state index is -0.188. The zero-order chi connectivity index (χ0) is 14.9. The van der Waals surface area contributed by atoms with E-state index in [0.29, 0.717) is 0 Å². The fraction of sp³-hybridized carbons (Fsp3) is 0.444. The summed E-state index contributed by atoms with van der Waals surface area (Å²) in [7, 11) is 0. The highest BCUT2D eigenvalue weighted by Crippen LogP contribution is 2.31. The summed E-state index contributed by atoms with van der Waals surface area (Å²) in [5.74, 6) is 0.890. The molecule has 3 rings (SSSR count). The van der Waals surface area contributed by atoms with Crippen LogP contribution in [0.25, 0.3) is 0 Å². The molecule has 0 saturated carbocycles. The Morgan fingerprint density at radius 1 is 1.14 bits per heavy atom. The average molecular weight is 281 g/mol. The Labute approximate surface area is 126 Å². The van der Waals surface area contributed by atoms with Gasteiger partial charge >= 0.3 is 0 Å². The van der Waals surface area contributed by atoms with Crippen LogP contribution in [0.1, 0.15) is 61.8 Å². The molecule has 0 fully saturated rings. The molecule has 3 heteroatoms. The molecule has 1 aliphatic rings. The molecule has 2 N–H and O–H groups in total. The molecule has 1 atom stereocenters. The van der Waals surface area contributed by atoms with Crippen LogP contribution in [0, 0.1) is 0 Å². The fourth-order valence-corrected chi connectivity index (χ4v) is 3.03. The first kappa shape index (κ1) is 14.2. The number of rotatable bonds is 2. The SMILES string of the molecule is CC(C)(c1ccccc1)c1ncc2c(n1)CCCCC2N. The summed E-state index contributed by atoms with van der Waals surface area (Å²) in [6, 6.07) is 10.5. The predicted octanol–water partition coefficient (Wildman–Crippen LogP) is 3.53. The highest BCUT2D eigenvalue weighted by Gasteiger charge is 2.28. The lowest BCUT2D eigenvalue weighted by Crippen LogP contribution is -2.24. The van der Waals surface area contributed by atoms with Crippen molar-refractivity contribution in [3.63, 3.8) is 0 Å². The third-order valence-electron chi connectivity index (χ3n) is 4.53. The Morgan fingerprint density at radius 3 is 2.67 bits per heavy atom. The van der Waals surface area contributed by atoms with Gasteiger partial charge in [0, 0.05) is 28.9 Å². The second-order valence-electron chi connectivity index (χ2n) is 6.44. The Morgan fingerprint density at radius 2 is 1.90 bits per heavy atom. The van der Waals surface area contributed by atoms with E-state index in [1.807, 2.05) is 12.3 Å². The van der Waals surface area contributed by atoms with Gasteiger partial charge in [-0.25, -0.2) is 9.97 Å². The van der Waals surface area contributed by atoms with Crippen LogP contribution in [0.4, 0.5) is 0 Å². The lowest BCUT2D eigenvalue weighted by atomic mass is 9.83. The number of hydrogen-bond acceptors (Lipinski definition) is 3. The van der Waals surface area contributed by atoms with Crippen LogP contribution in [0.5, 0.6) is 0 Å². The van der Waals surface area contributed by atoms with Gasteiger partial charge in [-0.15, -0.1) is 0 Å². The van der Waals surface area contributed by atoms with Gasteiger partial charge in [0.05, 0.1) is 0 Å². The second-order valence-corrected chi connectivity index (χ2v) is 6.44. The second kappa shape index (κ2) is 5.57. The van der Waals surface area contributed by atoms with Crippen LogP contribution >= 0.6 is 0 Å². The van der Waals surface area contributed by atoms with E-state index in [-0.39, 0.29) is 11.5 Å². The first-order valence-electron chi connectivity index (χ1n) is 7.76. The highest BCUT2D eigenvalue weighted by molar-refractivity contribution is 5.33. The molecular formula is C18H23N3. The van der Waals surface area contributed by atoms with Crippen molar-refractivity contribution in [3.05, 3.63) is 59.2 Å². The summed E-state index contributed by atoms with van der Waals surface area (Å²) >= 11 is 0. The first-order valence-corrected chi connectivity index (χ1v) is 7.76. The van der Waals surface area contributed by atoms with Gasteiger partial charge < -0.3 is 5.73 Å². The summed E-state index contributed by atoms with van der Waals surface area (Å²) in [6.45, 7) is 4.36. The average Bonchev–Trinajstić information content (AvgIpc) is 2.69. The molecule has 1 unspecified atom stereocenters. The van der Waals surface area contributed by atoms with E-state index < -0.39 is 0 Å². The normalized spacial score (nSPS) is 18.9. The van der Waals surface area contributed by atoms with Crippen molar-refractivity contribution < 1.29 is 0 Å². The highest BCUT2D eigenvalue weighted by atomic mass is 14.9. The lowest BCUT2D eigenvalue weighted by molar-refractivity contribution is 0.579. The van der Waals surface area contributed by atoms with Crippen LogP contribution in [0.15, 0.2) is 36.5 Å². The summed E-state index contributed by atoms with van der Waals surface area (Å²) < 4.78 is 0. The smallest absolute Gasteiger partial charge is 0.138 e. The topological polar surface area (TPSA) is 51.8 Å². The minimum Gasteiger partial charge on any atom is -0.324 e. The summed E-state index contributed by atoms with van der Waals surface area (Å²) in [6.07, 6.45) is 6.36. The van der Waals surface area contributed by atoms with E-state index in [0.717, 1.165) is 29.9 Å². The van der Waals surface area contributed by atoms with Gasteiger partial charge in [0.25, 0.3) is 0 Å². The maximum absolute atomic E-state index is 6.24. The van der Waals surface area contributed by atoms with Crippen molar-refractivity contribution in [1.82, 2.24) is 9.97 Å². The van der Waals surface area contributed by atoms with E-state index in [4.69, 9.17) is 10.7 Å². The van der Waals surface area contributed by atoms with Crippen molar-refractivity contribution in [3.8, 4) is 0 Å². The molecule has 1 heterocycles. The van der Waals surface area contributed by atoms with Crippen molar-refractivity contribution in [1.29, 1.82) is 0 Å². The maximum atomic E-state index is 6.24. The number of fused-ring (bicyclic) bond motifs is 1. The molecule has 3 nitrogen and oxygen atoms in total. The zero-order valence-corrected chi connectivity index (χ0v) is 12.8. The van der Waals surface area contributed by atoms with Crippen LogP contribution in [0.2, 0.25) is 0 Å². The molecule has 1 aromatic heterocycles. The van der Waals surface area contributed by atoms with Gasteiger partial charge in [0.2, 0.25) is 0 Å². The number of aryl methyl sites for hydroxylation is 1. The molecule has 0 amide bonds. The van der Waals surface area contributed by atoms with E-state index in [9.17, 15) is 0 Å². The minimum absolute atomic E-state index is 0.0939. The molecule has 0 aliphatic heterocycles. The zero-order valence-electron chi connectivity index (χ0n) is 12.8. The number of nitrogens with zero attached hydrogens (tertiary/aromatic N) is 2. The maximum Gasteiger partial charge on any atom is 0.138 e. The Hall–Kier alpha value is -1.74. The summed E-state index contributed by atoms with van der Waals surface area (Å²) in [4.78, 5) is 9.52. The van der Waals surface area contributed by atoms with Crippen molar-refractivity contribution in [2.24, 2.45) is 5.73 Å². The summed E-state index contributed by atoms with van der Waals surface area (Å²) in [5, 5.41) is 0. The van der Waals surface area contributed by atoms with E-state index >= 15 is 0 Å². The van der Waals surface area contributed by atoms with Crippen molar-refractivity contribution in [2.45, 2.75) is 51.0 Å². The molecule has 1 aromatic carbocycles. The van der Waals surface area contributed by atoms with Gasteiger partial charge in [0.1, 0.15) is 5.82 Å². The van der Waals surface area contributed by atoms with Crippen LogP contribution in [-0.4, -0.2) is 9.97 Å². The first-order chi connectivity index (χ1) is 10.1. The molecule has 2 aromatic rings. The third kappa shape index (κ3) is 2.70. The largest absolute Gasteiger partial charge is 0.324 e. The number of benzene rings is 1. The predicted molar refractivity (Wildman–Crippen MR) is 85.1 cm³/mol. The van der Waals surface area contributed by atoms with Crippen LogP contribution in [-0.2, 0) is 11.8 Å². The lowest BCUT2D eigenvalue weighted by Gasteiger charge is -2.25. The van der Waals surface area contributed by atoms with Gasteiger partial charge in [-0.1, -0.05) is 36.8 Å². The quantitative estimate of drug-likeness (QED) is 0.857. The number of nitrogens with two attached hydrogens (primary N) is 1. The molecular weight excluding hydrogens is 258 g/mol. The Bertz CT molecular complexity index is 620. The molecule has 0 saturated heterocycles. The van der Waals surface area contributed by atoms with E-state index in [1.165, 1.54) is 18.4 Å². The standard InChI is InChI=1S/C18H23N3/c1-18(2,13-8-4-3-5-9-13)17-20-12-14-15(19)10-6-7-11-16(14)21-17/h3-5,8-9,12,15H,6-7,10-11,19H2,1-2H3. The molecule has 0 spiro atoms. The molecule has 1 aliphatic carbocycles. The molecule has 0 bridgehead atoms. The Balaban J connectivity index is 2.02. The third-order valence-corrected chi connectivity index (χ3v) is 4.53. The molecule has 0 radical (unpaired) electrons. The molecule has 21 heavy (non-hydrogen) atoms. The van der Waals surface area contributed by atoms with Crippen molar-refractivity contribution in [2.75, 3.05) is 0 Å². The van der Waals surface area contributed by atoms with E-state index in [1.54, 1.807) is 0 Å². The van der Waals surface area contributed by atoms with Crippen LogP contribution < -0.4 is 5.73 Å². The van der Waals surface area contributed by atoms with Gasteiger partial charge in [-0.05, 0) is 38.7 Å². The number of aromatic nitrogens is 2.